The van der Waals surface area contributed by atoms with Crippen LogP contribution in [0.1, 0.15) is 40.5 Å². The molecule has 0 nitrogen and oxygen atoms in total. The Morgan fingerprint density at radius 3 is 2.31 bits per heavy atom. The van der Waals surface area contributed by atoms with E-state index in [1.165, 1.54) is 12.8 Å². The standard InChI is InChI=1S/C13H22/c1-5-7-9-11-13(3,4)12-10-8-6-2/h5,7,9-12H,6,8H2,1-4H3/b7-5-,11-9-,12-10-. The van der Waals surface area contributed by atoms with Crippen molar-refractivity contribution in [2.75, 3.05) is 0 Å². The Balaban J connectivity index is 4.06. The smallest absolute Gasteiger partial charge is 0.000751 e. The summed E-state index contributed by atoms with van der Waals surface area (Å²) < 4.78 is 0. The normalized spacial score (nSPS) is 13.8. The molecule has 74 valence electrons. The molecule has 0 heteroatoms. The molecular weight excluding hydrogens is 156 g/mol. The van der Waals surface area contributed by atoms with Crippen LogP contribution in [0.3, 0.4) is 0 Å². The van der Waals surface area contributed by atoms with Gasteiger partial charge < -0.3 is 0 Å². The largest absolute Gasteiger partial charge is 0.0877 e. The van der Waals surface area contributed by atoms with Crippen molar-refractivity contribution in [2.24, 2.45) is 5.41 Å². The zero-order chi connectivity index (χ0) is 10.2. The third kappa shape index (κ3) is 7.58. The van der Waals surface area contributed by atoms with Gasteiger partial charge in [0.25, 0.3) is 0 Å². The maximum atomic E-state index is 2.27. The predicted octanol–water partition coefficient (Wildman–Crippen LogP) is 4.50. The molecule has 0 spiro atoms. The quantitative estimate of drug-likeness (QED) is 0.429. The first kappa shape index (κ1) is 12.2. The van der Waals surface area contributed by atoms with Crippen LogP contribution >= 0.6 is 0 Å². The topological polar surface area (TPSA) is 0 Å². The van der Waals surface area contributed by atoms with Gasteiger partial charge in [-0.05, 0) is 13.3 Å². The fraction of sp³-hybridized carbons (Fsp3) is 0.538. The highest BCUT2D eigenvalue weighted by atomic mass is 14.1. The third-order valence-electron chi connectivity index (χ3n) is 1.83. The minimum atomic E-state index is 0.189. The summed E-state index contributed by atoms with van der Waals surface area (Å²) in [5.74, 6) is 0. The van der Waals surface area contributed by atoms with Gasteiger partial charge in [0.1, 0.15) is 0 Å². The van der Waals surface area contributed by atoms with Crippen LogP contribution in [0.15, 0.2) is 36.5 Å². The Kier molecular flexibility index (Phi) is 6.30. The molecule has 0 N–H and O–H groups in total. The van der Waals surface area contributed by atoms with E-state index in [-0.39, 0.29) is 5.41 Å². The summed E-state index contributed by atoms with van der Waals surface area (Å²) in [5, 5.41) is 0. The van der Waals surface area contributed by atoms with Gasteiger partial charge in [0.05, 0.1) is 0 Å². The van der Waals surface area contributed by atoms with Gasteiger partial charge in [-0.15, -0.1) is 0 Å². The van der Waals surface area contributed by atoms with Gasteiger partial charge in [0.2, 0.25) is 0 Å². The Bertz CT molecular complexity index is 192. The molecule has 0 saturated heterocycles. The second-order valence-corrected chi connectivity index (χ2v) is 3.90. The highest BCUT2D eigenvalue weighted by Gasteiger charge is 2.06. The average Bonchev–Trinajstić information content (AvgIpc) is 2.05. The van der Waals surface area contributed by atoms with Crippen LogP contribution in [-0.4, -0.2) is 0 Å². The minimum absolute atomic E-state index is 0.189. The van der Waals surface area contributed by atoms with Crippen molar-refractivity contribution in [1.82, 2.24) is 0 Å². The monoisotopic (exact) mass is 178 g/mol. The first-order valence-electron chi connectivity index (χ1n) is 5.10. The lowest BCUT2D eigenvalue weighted by Crippen LogP contribution is -2.01. The number of hydrogen-bond donors (Lipinski definition) is 0. The van der Waals surface area contributed by atoms with E-state index in [9.17, 15) is 0 Å². The Morgan fingerprint density at radius 2 is 1.77 bits per heavy atom. The van der Waals surface area contributed by atoms with Gasteiger partial charge in [-0.2, -0.15) is 0 Å². The van der Waals surface area contributed by atoms with Gasteiger partial charge in [-0.3, -0.25) is 0 Å². The fourth-order valence-electron chi connectivity index (χ4n) is 1.02. The summed E-state index contributed by atoms with van der Waals surface area (Å²) in [4.78, 5) is 0. The van der Waals surface area contributed by atoms with E-state index in [0.717, 1.165) is 0 Å². The van der Waals surface area contributed by atoms with Crippen molar-refractivity contribution < 1.29 is 0 Å². The van der Waals surface area contributed by atoms with Crippen molar-refractivity contribution in [2.45, 2.75) is 40.5 Å². The Morgan fingerprint density at radius 1 is 1.08 bits per heavy atom. The van der Waals surface area contributed by atoms with Gasteiger partial charge in [-0.25, -0.2) is 0 Å². The highest BCUT2D eigenvalue weighted by Crippen LogP contribution is 2.19. The molecule has 13 heavy (non-hydrogen) atoms. The number of unbranched alkanes of at least 4 members (excludes halogenated alkanes) is 1. The first-order valence-corrected chi connectivity index (χ1v) is 5.10. The van der Waals surface area contributed by atoms with E-state index in [0.29, 0.717) is 0 Å². The SMILES string of the molecule is C/C=C\C=C/C(C)(C)/C=C\CCC. The first-order chi connectivity index (χ1) is 6.12. The van der Waals surface area contributed by atoms with Crippen molar-refractivity contribution in [3.05, 3.63) is 36.5 Å². The molecule has 0 aromatic heterocycles. The molecule has 0 saturated carbocycles. The molecule has 0 radical (unpaired) electrons. The molecule has 0 aromatic rings. The van der Waals surface area contributed by atoms with Gasteiger partial charge in [0, 0.05) is 5.41 Å². The molecule has 0 aliphatic carbocycles. The number of hydrogen-bond acceptors (Lipinski definition) is 0. The molecule has 0 bridgehead atoms. The third-order valence-corrected chi connectivity index (χ3v) is 1.83. The van der Waals surface area contributed by atoms with E-state index in [1.54, 1.807) is 0 Å². The van der Waals surface area contributed by atoms with Crippen molar-refractivity contribution in [3.8, 4) is 0 Å². The Hall–Kier alpha value is -0.780. The van der Waals surface area contributed by atoms with Gasteiger partial charge in [-0.1, -0.05) is 63.6 Å². The zero-order valence-electron chi connectivity index (χ0n) is 9.38. The zero-order valence-corrected chi connectivity index (χ0v) is 9.38. The molecule has 0 aliphatic heterocycles. The molecule has 0 amide bonds. The minimum Gasteiger partial charge on any atom is -0.0877 e. The van der Waals surface area contributed by atoms with Crippen LogP contribution < -0.4 is 0 Å². The molecule has 0 rings (SSSR count). The van der Waals surface area contributed by atoms with Crippen LogP contribution in [0.25, 0.3) is 0 Å². The summed E-state index contributed by atoms with van der Waals surface area (Å²) in [7, 11) is 0. The lowest BCUT2D eigenvalue weighted by atomic mass is 9.92. The van der Waals surface area contributed by atoms with E-state index in [2.05, 4.69) is 51.2 Å². The fourth-order valence-corrected chi connectivity index (χ4v) is 1.02. The lowest BCUT2D eigenvalue weighted by Gasteiger charge is -2.13. The van der Waals surface area contributed by atoms with Crippen molar-refractivity contribution in [1.29, 1.82) is 0 Å². The van der Waals surface area contributed by atoms with Gasteiger partial charge in [0.15, 0.2) is 0 Å². The molecule has 0 unspecified atom stereocenters. The van der Waals surface area contributed by atoms with Crippen LogP contribution in [0.4, 0.5) is 0 Å². The maximum absolute atomic E-state index is 2.27. The predicted molar refractivity (Wildman–Crippen MR) is 61.8 cm³/mol. The number of allylic oxidation sites excluding steroid dienone is 6. The van der Waals surface area contributed by atoms with Gasteiger partial charge >= 0.3 is 0 Å². The Labute approximate surface area is 83.0 Å². The molecule has 0 heterocycles. The maximum Gasteiger partial charge on any atom is 0.000751 e. The van der Waals surface area contributed by atoms with E-state index >= 15 is 0 Å². The summed E-state index contributed by atoms with van der Waals surface area (Å²) >= 11 is 0. The van der Waals surface area contributed by atoms with Crippen LogP contribution in [0.5, 0.6) is 0 Å². The highest BCUT2D eigenvalue weighted by molar-refractivity contribution is 5.12. The lowest BCUT2D eigenvalue weighted by molar-refractivity contribution is 0.622. The van der Waals surface area contributed by atoms with Crippen molar-refractivity contribution in [3.63, 3.8) is 0 Å². The van der Waals surface area contributed by atoms with E-state index in [1.807, 2.05) is 13.0 Å². The van der Waals surface area contributed by atoms with Crippen LogP contribution in [0, 0.1) is 5.41 Å². The molecule has 0 atom stereocenters. The average molecular weight is 178 g/mol. The summed E-state index contributed by atoms with van der Waals surface area (Å²) in [6, 6.07) is 0. The van der Waals surface area contributed by atoms with E-state index in [4.69, 9.17) is 0 Å². The summed E-state index contributed by atoms with van der Waals surface area (Å²) in [6.07, 6.45) is 15.4. The second kappa shape index (κ2) is 6.71. The summed E-state index contributed by atoms with van der Waals surface area (Å²) in [6.45, 7) is 8.68. The van der Waals surface area contributed by atoms with Crippen LogP contribution in [-0.2, 0) is 0 Å². The molecule has 0 aromatic carbocycles. The molecule has 0 aliphatic rings. The second-order valence-electron chi connectivity index (χ2n) is 3.90. The summed E-state index contributed by atoms with van der Waals surface area (Å²) in [5.41, 5.74) is 0.189. The van der Waals surface area contributed by atoms with Crippen LogP contribution in [0.2, 0.25) is 0 Å². The van der Waals surface area contributed by atoms with E-state index < -0.39 is 0 Å². The van der Waals surface area contributed by atoms with Crippen molar-refractivity contribution >= 4 is 0 Å². The molecule has 0 fully saturated rings. The molecular formula is C13H22. The number of rotatable bonds is 5.